The highest BCUT2D eigenvalue weighted by Gasteiger charge is 2.13. The fraction of sp³-hybridized carbons (Fsp3) is 0.417. The minimum Gasteiger partial charge on any atom is -0.380 e. The molecule has 3 nitrogen and oxygen atoms in total. The number of hydrogen-bond donors (Lipinski definition) is 1. The highest BCUT2D eigenvalue weighted by atomic mass is 35.5. The van der Waals surface area contributed by atoms with Crippen LogP contribution in [0.15, 0.2) is 12.1 Å². The molecule has 1 unspecified atom stereocenters. The summed E-state index contributed by atoms with van der Waals surface area (Å²) in [5.41, 5.74) is 1.43. The molecule has 98 valence electrons. The van der Waals surface area contributed by atoms with Gasteiger partial charge in [0.15, 0.2) is 4.77 Å². The summed E-state index contributed by atoms with van der Waals surface area (Å²) < 4.78 is 21.3. The van der Waals surface area contributed by atoms with Crippen molar-refractivity contribution in [1.29, 1.82) is 0 Å². The predicted octanol–water partition coefficient (Wildman–Crippen LogP) is 4.09. The van der Waals surface area contributed by atoms with Crippen LogP contribution in [0, 0.1) is 10.6 Å². The zero-order chi connectivity index (χ0) is 13.3. The highest BCUT2D eigenvalue weighted by molar-refractivity contribution is 7.71. The number of nitrogens with zero attached hydrogens (tertiary/aromatic N) is 1. The van der Waals surface area contributed by atoms with Crippen molar-refractivity contribution < 1.29 is 9.13 Å². The molecule has 0 bridgehead atoms. The summed E-state index contributed by atoms with van der Waals surface area (Å²) in [6.07, 6.45) is 0. The Bertz CT molecular complexity index is 622. The first-order valence-corrected chi connectivity index (χ1v) is 6.50. The first-order valence-electron chi connectivity index (χ1n) is 5.71. The minimum atomic E-state index is -0.449. The fourth-order valence-corrected chi connectivity index (χ4v) is 2.47. The number of nitrogens with one attached hydrogen (secondary N) is 1. The zero-order valence-electron chi connectivity index (χ0n) is 10.2. The molecule has 0 amide bonds. The van der Waals surface area contributed by atoms with Crippen molar-refractivity contribution in [2.24, 2.45) is 0 Å². The van der Waals surface area contributed by atoms with Crippen LogP contribution in [0.4, 0.5) is 4.39 Å². The molecule has 0 spiro atoms. The highest BCUT2D eigenvalue weighted by Crippen LogP contribution is 2.25. The van der Waals surface area contributed by atoms with Gasteiger partial charge in [0.25, 0.3) is 0 Å². The Hall–Kier alpha value is -0.910. The van der Waals surface area contributed by atoms with Gasteiger partial charge in [-0.05, 0) is 32.1 Å². The molecule has 0 saturated heterocycles. The second-order valence-corrected chi connectivity index (χ2v) is 4.89. The quantitative estimate of drug-likeness (QED) is 0.859. The average molecular weight is 289 g/mol. The van der Waals surface area contributed by atoms with Crippen LogP contribution in [-0.4, -0.2) is 22.8 Å². The number of rotatable bonds is 4. The van der Waals surface area contributed by atoms with E-state index in [2.05, 4.69) is 4.98 Å². The lowest BCUT2D eigenvalue weighted by molar-refractivity contribution is 0.119. The third-order valence-corrected chi connectivity index (χ3v) is 3.35. The topological polar surface area (TPSA) is 29.9 Å². The summed E-state index contributed by atoms with van der Waals surface area (Å²) in [4.78, 5) is 3.02. The molecule has 18 heavy (non-hydrogen) atoms. The van der Waals surface area contributed by atoms with Crippen LogP contribution >= 0.6 is 23.8 Å². The van der Waals surface area contributed by atoms with Gasteiger partial charge in [0.2, 0.25) is 0 Å². The monoisotopic (exact) mass is 288 g/mol. The van der Waals surface area contributed by atoms with Crippen LogP contribution in [0.25, 0.3) is 11.0 Å². The zero-order valence-corrected chi connectivity index (χ0v) is 11.7. The van der Waals surface area contributed by atoms with Crippen molar-refractivity contribution in [1.82, 2.24) is 9.55 Å². The number of ether oxygens (including phenoxy) is 1. The van der Waals surface area contributed by atoms with E-state index in [4.69, 9.17) is 28.6 Å². The molecule has 1 aromatic carbocycles. The van der Waals surface area contributed by atoms with Crippen LogP contribution in [-0.2, 0) is 4.74 Å². The maximum absolute atomic E-state index is 13.5. The molecule has 6 heteroatoms. The fourth-order valence-electron chi connectivity index (χ4n) is 1.92. The van der Waals surface area contributed by atoms with Crippen molar-refractivity contribution in [3.8, 4) is 0 Å². The number of halogens is 2. The van der Waals surface area contributed by atoms with Gasteiger partial charge in [-0.1, -0.05) is 11.6 Å². The molecular weight excluding hydrogens is 275 g/mol. The maximum atomic E-state index is 13.5. The molecule has 1 aromatic heterocycles. The lowest BCUT2D eigenvalue weighted by Gasteiger charge is -2.14. The van der Waals surface area contributed by atoms with Crippen molar-refractivity contribution in [2.45, 2.75) is 19.9 Å². The second kappa shape index (κ2) is 5.38. The Morgan fingerprint density at radius 1 is 1.56 bits per heavy atom. The smallest absolute Gasteiger partial charge is 0.178 e. The number of aromatic amines is 1. The summed E-state index contributed by atoms with van der Waals surface area (Å²) in [6.45, 7) is 5.08. The molecule has 0 aliphatic heterocycles. The van der Waals surface area contributed by atoms with Gasteiger partial charge in [-0.2, -0.15) is 0 Å². The number of aromatic nitrogens is 2. The van der Waals surface area contributed by atoms with Crippen LogP contribution in [0.2, 0.25) is 5.02 Å². The Morgan fingerprint density at radius 3 is 2.94 bits per heavy atom. The summed E-state index contributed by atoms with van der Waals surface area (Å²) in [6, 6.07) is 2.98. The van der Waals surface area contributed by atoms with Crippen LogP contribution in [0.3, 0.4) is 0 Å². The molecule has 2 aromatic rings. The van der Waals surface area contributed by atoms with Gasteiger partial charge in [0.05, 0.1) is 28.7 Å². The van der Waals surface area contributed by atoms with Gasteiger partial charge >= 0.3 is 0 Å². The molecule has 0 aliphatic carbocycles. The third kappa shape index (κ3) is 2.43. The van der Waals surface area contributed by atoms with Gasteiger partial charge < -0.3 is 14.3 Å². The molecule has 1 N–H and O–H groups in total. The number of benzene rings is 1. The van der Waals surface area contributed by atoms with E-state index in [1.54, 1.807) is 6.07 Å². The van der Waals surface area contributed by atoms with Crippen LogP contribution < -0.4 is 0 Å². The molecular formula is C12H14ClFN2OS. The van der Waals surface area contributed by atoms with Crippen LogP contribution in [0.1, 0.15) is 19.9 Å². The standard InChI is InChI=1S/C12H14ClFN2OS/c1-3-17-6-7(2)16-11-5-9(14)8(13)4-10(11)15-12(16)18/h4-5,7H,3,6H2,1-2H3,(H,15,18). The van der Waals surface area contributed by atoms with E-state index in [0.29, 0.717) is 23.5 Å². The first-order chi connectivity index (χ1) is 8.54. The van der Waals surface area contributed by atoms with Gasteiger partial charge in [0, 0.05) is 12.7 Å². The Morgan fingerprint density at radius 2 is 2.28 bits per heavy atom. The molecule has 0 saturated carbocycles. The Balaban J connectivity index is 2.53. The maximum Gasteiger partial charge on any atom is 0.178 e. The van der Waals surface area contributed by atoms with Gasteiger partial charge in [-0.25, -0.2) is 4.39 Å². The van der Waals surface area contributed by atoms with E-state index in [1.165, 1.54) is 6.07 Å². The van der Waals surface area contributed by atoms with Gasteiger partial charge in [-0.3, -0.25) is 0 Å². The number of imidazole rings is 1. The van der Waals surface area contributed by atoms with E-state index in [9.17, 15) is 4.39 Å². The second-order valence-electron chi connectivity index (χ2n) is 4.09. The lowest BCUT2D eigenvalue weighted by atomic mass is 10.2. The molecule has 2 rings (SSSR count). The van der Waals surface area contributed by atoms with E-state index in [1.807, 2.05) is 18.4 Å². The van der Waals surface area contributed by atoms with E-state index in [0.717, 1.165) is 5.52 Å². The SMILES string of the molecule is CCOCC(C)n1c(=S)[nH]c2cc(Cl)c(F)cc21. The minimum absolute atomic E-state index is 0.0341. The van der Waals surface area contributed by atoms with Crippen molar-refractivity contribution in [3.05, 3.63) is 27.7 Å². The van der Waals surface area contributed by atoms with Gasteiger partial charge in [-0.15, -0.1) is 0 Å². The molecule has 1 atom stereocenters. The summed E-state index contributed by atoms with van der Waals surface area (Å²) in [5.74, 6) is -0.449. The van der Waals surface area contributed by atoms with Crippen molar-refractivity contribution >= 4 is 34.9 Å². The Labute approximate surface area is 115 Å². The molecule has 1 heterocycles. The Kier molecular flexibility index (Phi) is 4.04. The predicted molar refractivity (Wildman–Crippen MR) is 73.3 cm³/mol. The van der Waals surface area contributed by atoms with E-state index in [-0.39, 0.29) is 11.1 Å². The molecule has 0 fully saturated rings. The normalized spacial score (nSPS) is 13.1. The number of H-pyrrole nitrogens is 1. The third-order valence-electron chi connectivity index (χ3n) is 2.76. The van der Waals surface area contributed by atoms with Crippen molar-refractivity contribution in [3.63, 3.8) is 0 Å². The van der Waals surface area contributed by atoms with Gasteiger partial charge in [0.1, 0.15) is 5.82 Å². The summed E-state index contributed by atoms with van der Waals surface area (Å²) in [7, 11) is 0. The summed E-state index contributed by atoms with van der Waals surface area (Å²) >= 11 is 11.0. The molecule has 0 aliphatic rings. The largest absolute Gasteiger partial charge is 0.380 e. The van der Waals surface area contributed by atoms with Crippen molar-refractivity contribution in [2.75, 3.05) is 13.2 Å². The first kappa shape index (κ1) is 13.5. The average Bonchev–Trinajstić information content (AvgIpc) is 2.62. The number of hydrogen-bond acceptors (Lipinski definition) is 2. The number of fused-ring (bicyclic) bond motifs is 1. The molecule has 0 radical (unpaired) electrons. The van der Waals surface area contributed by atoms with Crippen LogP contribution in [0.5, 0.6) is 0 Å². The summed E-state index contributed by atoms with van der Waals surface area (Å²) in [5, 5.41) is 0.0864. The van der Waals surface area contributed by atoms with E-state index < -0.39 is 5.82 Å². The lowest BCUT2D eigenvalue weighted by Crippen LogP contribution is -2.12. The van der Waals surface area contributed by atoms with E-state index >= 15 is 0 Å².